The van der Waals surface area contributed by atoms with E-state index < -0.39 is 0 Å². The van der Waals surface area contributed by atoms with Gasteiger partial charge >= 0.3 is 0 Å². The van der Waals surface area contributed by atoms with Gasteiger partial charge in [0, 0.05) is 53.3 Å². The molecule has 0 atom stereocenters. The van der Waals surface area contributed by atoms with Gasteiger partial charge in [-0.05, 0) is 70.5 Å². The molecule has 0 unspecified atom stereocenters. The molecule has 0 N–H and O–H groups in total. The van der Waals surface area contributed by atoms with Crippen LogP contribution < -0.4 is 0 Å². The van der Waals surface area contributed by atoms with Crippen LogP contribution in [0.5, 0.6) is 0 Å². The Morgan fingerprint density at radius 3 is 2.71 bits per heavy atom. The van der Waals surface area contributed by atoms with E-state index in [9.17, 15) is 4.79 Å². The third-order valence-electron chi connectivity index (χ3n) is 6.36. The molecule has 5 heteroatoms. The Hall–Kier alpha value is -2.40. The van der Waals surface area contributed by atoms with Crippen molar-refractivity contribution in [2.75, 3.05) is 14.1 Å². The van der Waals surface area contributed by atoms with Crippen LogP contribution in [-0.4, -0.2) is 46.0 Å². The van der Waals surface area contributed by atoms with Crippen LogP contribution in [0.1, 0.15) is 60.2 Å². The van der Waals surface area contributed by atoms with Gasteiger partial charge in [-0.25, -0.2) is 0 Å². The number of fused-ring (bicyclic) bond motifs is 1. The molecule has 0 aromatic carbocycles. The highest BCUT2D eigenvalue weighted by Gasteiger charge is 2.38. The fourth-order valence-corrected chi connectivity index (χ4v) is 4.34. The van der Waals surface area contributed by atoms with Crippen molar-refractivity contribution in [1.29, 1.82) is 0 Å². The van der Waals surface area contributed by atoms with Crippen LogP contribution in [0.4, 0.5) is 0 Å². The summed E-state index contributed by atoms with van der Waals surface area (Å²) in [6.07, 6.45) is 9.39. The number of hydrogen-bond acceptors (Lipinski definition) is 5. The number of carbonyl (C=O) groups is 1. The second-order valence-electron chi connectivity index (χ2n) is 8.37. The molecular formula is C23H28N4O. The first-order chi connectivity index (χ1) is 13.5. The van der Waals surface area contributed by atoms with Gasteiger partial charge in [0.2, 0.25) is 0 Å². The molecule has 1 aliphatic carbocycles. The Morgan fingerprint density at radius 1 is 1.21 bits per heavy atom. The Balaban J connectivity index is 1.41. The highest BCUT2D eigenvalue weighted by Crippen LogP contribution is 2.40. The molecule has 28 heavy (non-hydrogen) atoms. The summed E-state index contributed by atoms with van der Waals surface area (Å²) in [4.78, 5) is 28.4. The molecule has 0 amide bonds. The average Bonchev–Trinajstić information content (AvgIpc) is 3.03. The lowest BCUT2D eigenvalue weighted by Crippen LogP contribution is -2.50. The van der Waals surface area contributed by atoms with E-state index in [2.05, 4.69) is 35.0 Å². The first kappa shape index (κ1) is 18.9. The van der Waals surface area contributed by atoms with Gasteiger partial charge in [-0.3, -0.25) is 19.8 Å². The Kier molecular flexibility index (Phi) is 5.11. The van der Waals surface area contributed by atoms with Gasteiger partial charge in [-0.15, -0.1) is 0 Å². The molecule has 4 rings (SSSR count). The van der Waals surface area contributed by atoms with Gasteiger partial charge in [0.05, 0.1) is 12.3 Å². The maximum Gasteiger partial charge on any atom is 0.138 e. The van der Waals surface area contributed by atoms with E-state index in [-0.39, 0.29) is 11.3 Å². The molecule has 0 bridgehead atoms. The van der Waals surface area contributed by atoms with E-state index >= 15 is 0 Å². The van der Waals surface area contributed by atoms with Gasteiger partial charge in [-0.2, -0.15) is 0 Å². The molecule has 5 nitrogen and oxygen atoms in total. The maximum absolute atomic E-state index is 12.6. The van der Waals surface area contributed by atoms with Crippen LogP contribution in [0.15, 0.2) is 35.6 Å². The zero-order chi connectivity index (χ0) is 19.7. The molecule has 1 aliphatic heterocycles. The van der Waals surface area contributed by atoms with Crippen molar-refractivity contribution in [3.8, 4) is 0 Å². The molecule has 0 radical (unpaired) electrons. The van der Waals surface area contributed by atoms with Crippen LogP contribution >= 0.6 is 0 Å². The van der Waals surface area contributed by atoms with Gasteiger partial charge in [-0.1, -0.05) is 0 Å². The number of nitrogens with zero attached hydrogens (tertiary/aromatic N) is 4. The van der Waals surface area contributed by atoms with Crippen LogP contribution in [0.2, 0.25) is 0 Å². The smallest absolute Gasteiger partial charge is 0.138 e. The molecule has 0 saturated heterocycles. The minimum absolute atomic E-state index is 0.242. The maximum atomic E-state index is 12.6. The van der Waals surface area contributed by atoms with Crippen molar-refractivity contribution in [3.63, 3.8) is 0 Å². The van der Waals surface area contributed by atoms with E-state index in [0.717, 1.165) is 40.2 Å². The lowest BCUT2D eigenvalue weighted by atomic mass is 9.72. The largest absolute Gasteiger partial charge is 0.304 e. The van der Waals surface area contributed by atoms with Crippen molar-refractivity contribution in [1.82, 2.24) is 14.9 Å². The monoisotopic (exact) mass is 376 g/mol. The van der Waals surface area contributed by atoms with Crippen LogP contribution in [0.25, 0.3) is 0 Å². The molecule has 1 fully saturated rings. The summed E-state index contributed by atoms with van der Waals surface area (Å²) in [5, 5.41) is 0. The topological polar surface area (TPSA) is 58.5 Å². The van der Waals surface area contributed by atoms with E-state index in [0.29, 0.717) is 19.4 Å². The summed E-state index contributed by atoms with van der Waals surface area (Å²) in [5.41, 5.74) is 6.36. The van der Waals surface area contributed by atoms with Crippen LogP contribution in [0, 0.1) is 6.92 Å². The van der Waals surface area contributed by atoms with Gasteiger partial charge in [0.1, 0.15) is 5.78 Å². The fourth-order valence-electron chi connectivity index (χ4n) is 4.34. The van der Waals surface area contributed by atoms with Crippen molar-refractivity contribution in [2.45, 2.75) is 57.5 Å². The summed E-state index contributed by atoms with van der Waals surface area (Å²) in [6.45, 7) is 2.64. The molecule has 1 saturated carbocycles. The molecule has 0 spiro atoms. The normalized spacial score (nSPS) is 17.2. The highest BCUT2D eigenvalue weighted by atomic mass is 16.1. The molecule has 146 valence electrons. The minimum Gasteiger partial charge on any atom is -0.304 e. The quantitative estimate of drug-likeness (QED) is 0.742. The number of pyridine rings is 2. The number of rotatable bonds is 7. The molecular weight excluding hydrogens is 348 g/mol. The zero-order valence-corrected chi connectivity index (χ0v) is 17.0. The second-order valence-corrected chi connectivity index (χ2v) is 8.37. The number of carbonyl (C=O) groups excluding carboxylic acids is 1. The van der Waals surface area contributed by atoms with Gasteiger partial charge in [0.25, 0.3) is 0 Å². The molecule has 3 heterocycles. The molecule has 2 aromatic heterocycles. The van der Waals surface area contributed by atoms with E-state index in [1.807, 2.05) is 31.5 Å². The lowest BCUT2D eigenvalue weighted by Gasteiger charge is -2.47. The van der Waals surface area contributed by atoms with E-state index in [1.165, 1.54) is 19.3 Å². The summed E-state index contributed by atoms with van der Waals surface area (Å²) in [5.74, 6) is 0.282. The predicted molar refractivity (Wildman–Crippen MR) is 111 cm³/mol. The second kappa shape index (κ2) is 7.55. The van der Waals surface area contributed by atoms with E-state index in [1.54, 1.807) is 0 Å². The summed E-state index contributed by atoms with van der Waals surface area (Å²) >= 11 is 0. The van der Waals surface area contributed by atoms with Crippen molar-refractivity contribution < 1.29 is 4.79 Å². The minimum atomic E-state index is 0.242. The van der Waals surface area contributed by atoms with Crippen molar-refractivity contribution >= 4 is 11.5 Å². The van der Waals surface area contributed by atoms with Gasteiger partial charge < -0.3 is 4.90 Å². The highest BCUT2D eigenvalue weighted by molar-refractivity contribution is 6.15. The van der Waals surface area contributed by atoms with Crippen LogP contribution in [0.3, 0.4) is 0 Å². The summed E-state index contributed by atoms with van der Waals surface area (Å²) in [6, 6.07) is 6.09. The zero-order valence-electron chi connectivity index (χ0n) is 17.0. The Labute approximate surface area is 166 Å². The Morgan fingerprint density at radius 2 is 2.04 bits per heavy atom. The van der Waals surface area contributed by atoms with Crippen molar-refractivity contribution in [3.05, 3.63) is 58.7 Å². The predicted octanol–water partition coefficient (Wildman–Crippen LogP) is 3.51. The van der Waals surface area contributed by atoms with Crippen molar-refractivity contribution in [2.24, 2.45) is 4.99 Å². The SMILES string of the molecule is Cc1cc(C2=NCc3cc(CC(=O)CCC4(N(C)C)CCC4)ncc32)ccn1. The van der Waals surface area contributed by atoms with E-state index in [4.69, 9.17) is 4.99 Å². The molecule has 2 aromatic rings. The van der Waals surface area contributed by atoms with Crippen LogP contribution in [-0.2, 0) is 17.8 Å². The fraction of sp³-hybridized carbons (Fsp3) is 0.478. The first-order valence-electron chi connectivity index (χ1n) is 10.1. The average molecular weight is 377 g/mol. The third kappa shape index (κ3) is 3.63. The molecule has 2 aliphatic rings. The third-order valence-corrected chi connectivity index (χ3v) is 6.36. The number of aromatic nitrogens is 2. The number of aryl methyl sites for hydroxylation is 1. The number of Topliss-reactive ketones (excluding diaryl/α,β-unsaturated/α-hetero) is 1. The number of hydrogen-bond donors (Lipinski definition) is 0. The summed E-state index contributed by atoms with van der Waals surface area (Å²) in [7, 11) is 4.27. The Bertz CT molecular complexity index is 928. The number of aliphatic imine (C=N–C) groups is 1. The lowest BCUT2D eigenvalue weighted by molar-refractivity contribution is -0.119. The standard InChI is InChI=1S/C23H28N4O/c1-16-11-17(6-10-24-16)22-21-15-25-19(12-18(21)14-26-22)13-20(28)5-9-23(27(2)3)7-4-8-23/h6,10-12,15H,4-5,7-9,13-14H2,1-3H3. The first-order valence-corrected chi connectivity index (χ1v) is 10.1. The summed E-state index contributed by atoms with van der Waals surface area (Å²) < 4.78 is 0. The number of ketones is 1. The van der Waals surface area contributed by atoms with Gasteiger partial charge in [0.15, 0.2) is 0 Å².